The van der Waals surface area contributed by atoms with Crippen LogP contribution in [-0.4, -0.2) is 39.6 Å². The number of benzene rings is 1. The van der Waals surface area contributed by atoms with E-state index in [1.54, 1.807) is 28.9 Å². The van der Waals surface area contributed by atoms with Gasteiger partial charge in [0.15, 0.2) is 0 Å². The summed E-state index contributed by atoms with van der Waals surface area (Å²) in [6.07, 6.45) is 3.21. The van der Waals surface area contributed by atoms with Gasteiger partial charge in [0.1, 0.15) is 5.69 Å². The third kappa shape index (κ3) is 3.64. The zero-order valence-electron chi connectivity index (χ0n) is 15.7. The quantitative estimate of drug-likeness (QED) is 0.916. The van der Waals surface area contributed by atoms with Crippen LogP contribution in [0.15, 0.2) is 36.5 Å². The Kier molecular flexibility index (Phi) is 5.11. The molecule has 6 heteroatoms. The Balaban J connectivity index is 1.66. The van der Waals surface area contributed by atoms with Gasteiger partial charge in [-0.2, -0.15) is 5.10 Å². The Hall–Kier alpha value is -2.63. The standard InChI is InChI=1S/C20H26N4O2/c1-15-7-4-5-8-16(15)13-21-19(26)20(2)10-6-12-24(14-20)18(25)17-9-11-22-23(17)3/h4-5,7-9,11H,6,10,12-14H2,1-3H3,(H,21,26). The highest BCUT2D eigenvalue weighted by Gasteiger charge is 2.39. The van der Waals surface area contributed by atoms with Gasteiger partial charge in [-0.1, -0.05) is 24.3 Å². The van der Waals surface area contributed by atoms with Crippen molar-refractivity contribution in [2.45, 2.75) is 33.2 Å². The van der Waals surface area contributed by atoms with Crippen LogP contribution in [0.2, 0.25) is 0 Å². The van der Waals surface area contributed by atoms with Gasteiger partial charge in [0.05, 0.1) is 5.41 Å². The maximum atomic E-state index is 12.9. The molecule has 0 radical (unpaired) electrons. The van der Waals surface area contributed by atoms with E-state index in [0.717, 1.165) is 24.0 Å². The van der Waals surface area contributed by atoms with Crippen molar-refractivity contribution in [3.63, 3.8) is 0 Å². The Morgan fingerprint density at radius 3 is 2.73 bits per heavy atom. The average Bonchev–Trinajstić information content (AvgIpc) is 3.06. The third-order valence-corrected chi connectivity index (χ3v) is 5.27. The molecule has 2 heterocycles. The Morgan fingerprint density at radius 2 is 2.04 bits per heavy atom. The minimum absolute atomic E-state index is 0.00302. The number of likely N-dealkylation sites (tertiary alicyclic amines) is 1. The number of carbonyl (C=O) groups excluding carboxylic acids is 2. The van der Waals surface area contributed by atoms with Crippen LogP contribution in [0.5, 0.6) is 0 Å². The summed E-state index contributed by atoms with van der Waals surface area (Å²) < 4.78 is 1.58. The van der Waals surface area contributed by atoms with Crippen LogP contribution in [0.3, 0.4) is 0 Å². The average molecular weight is 354 g/mol. The molecule has 0 spiro atoms. The van der Waals surface area contributed by atoms with Gasteiger partial charge >= 0.3 is 0 Å². The van der Waals surface area contributed by atoms with E-state index in [1.165, 1.54) is 0 Å². The highest BCUT2D eigenvalue weighted by Crippen LogP contribution is 2.30. The van der Waals surface area contributed by atoms with Gasteiger partial charge in [-0.05, 0) is 43.9 Å². The summed E-state index contributed by atoms with van der Waals surface area (Å²) >= 11 is 0. The number of nitrogens with zero attached hydrogens (tertiary/aromatic N) is 3. The van der Waals surface area contributed by atoms with E-state index < -0.39 is 5.41 Å². The molecule has 1 aromatic carbocycles. The largest absolute Gasteiger partial charge is 0.351 e. The number of carbonyl (C=O) groups is 2. The summed E-state index contributed by atoms with van der Waals surface area (Å²) in [6, 6.07) is 9.75. The summed E-state index contributed by atoms with van der Waals surface area (Å²) in [7, 11) is 1.76. The number of nitrogens with one attached hydrogen (secondary N) is 1. The topological polar surface area (TPSA) is 67.2 Å². The van der Waals surface area contributed by atoms with E-state index in [-0.39, 0.29) is 11.8 Å². The molecule has 0 aliphatic carbocycles. The molecular formula is C20H26N4O2. The highest BCUT2D eigenvalue weighted by atomic mass is 16.2. The summed E-state index contributed by atoms with van der Waals surface area (Å²) in [5, 5.41) is 7.13. The molecule has 3 rings (SSSR count). The number of amides is 2. The first-order valence-electron chi connectivity index (χ1n) is 9.01. The summed E-state index contributed by atoms with van der Waals surface area (Å²) in [5.74, 6) is -0.0640. The molecule has 0 saturated carbocycles. The summed E-state index contributed by atoms with van der Waals surface area (Å²) in [5.41, 5.74) is 2.25. The van der Waals surface area contributed by atoms with Crippen LogP contribution in [-0.2, 0) is 18.4 Å². The van der Waals surface area contributed by atoms with Gasteiger partial charge in [0.2, 0.25) is 5.91 Å². The molecule has 1 saturated heterocycles. The van der Waals surface area contributed by atoms with Crippen LogP contribution in [0, 0.1) is 12.3 Å². The monoisotopic (exact) mass is 354 g/mol. The van der Waals surface area contributed by atoms with Gasteiger partial charge in [0, 0.05) is 32.9 Å². The van der Waals surface area contributed by atoms with Crippen LogP contribution in [0.25, 0.3) is 0 Å². The maximum absolute atomic E-state index is 12.9. The lowest BCUT2D eigenvalue weighted by Gasteiger charge is -2.39. The van der Waals surface area contributed by atoms with Crippen molar-refractivity contribution in [3.05, 3.63) is 53.3 Å². The molecule has 26 heavy (non-hydrogen) atoms. The summed E-state index contributed by atoms with van der Waals surface area (Å²) in [6.45, 7) is 5.60. The number of aryl methyl sites for hydroxylation is 2. The molecule has 1 aromatic heterocycles. The van der Waals surface area contributed by atoms with Gasteiger partial charge in [0.25, 0.3) is 5.91 Å². The van der Waals surface area contributed by atoms with Crippen molar-refractivity contribution in [2.24, 2.45) is 12.5 Å². The van der Waals surface area contributed by atoms with E-state index in [2.05, 4.69) is 10.4 Å². The molecule has 1 fully saturated rings. The fourth-order valence-electron chi connectivity index (χ4n) is 3.54. The first kappa shape index (κ1) is 18.2. The van der Waals surface area contributed by atoms with Crippen LogP contribution < -0.4 is 5.32 Å². The first-order chi connectivity index (χ1) is 12.4. The lowest BCUT2D eigenvalue weighted by molar-refractivity contribution is -0.132. The third-order valence-electron chi connectivity index (χ3n) is 5.27. The molecule has 1 unspecified atom stereocenters. The molecule has 1 N–H and O–H groups in total. The fraction of sp³-hybridized carbons (Fsp3) is 0.450. The van der Waals surface area contributed by atoms with Gasteiger partial charge < -0.3 is 10.2 Å². The van der Waals surface area contributed by atoms with Crippen LogP contribution in [0.1, 0.15) is 41.4 Å². The first-order valence-corrected chi connectivity index (χ1v) is 9.01. The molecule has 138 valence electrons. The second kappa shape index (κ2) is 7.32. The van der Waals surface area contributed by atoms with Gasteiger partial charge in [-0.25, -0.2) is 0 Å². The lowest BCUT2D eigenvalue weighted by Crippen LogP contribution is -2.52. The van der Waals surface area contributed by atoms with E-state index in [1.807, 2.05) is 38.1 Å². The maximum Gasteiger partial charge on any atom is 0.272 e. The number of rotatable bonds is 4. The van der Waals surface area contributed by atoms with E-state index in [4.69, 9.17) is 0 Å². The predicted molar refractivity (Wildman–Crippen MR) is 99.5 cm³/mol. The van der Waals surface area contributed by atoms with Crippen molar-refractivity contribution in [2.75, 3.05) is 13.1 Å². The Morgan fingerprint density at radius 1 is 1.27 bits per heavy atom. The molecule has 0 bridgehead atoms. The molecule has 2 amide bonds. The Labute approximate surface area is 154 Å². The van der Waals surface area contributed by atoms with E-state index in [0.29, 0.717) is 25.3 Å². The van der Waals surface area contributed by atoms with Crippen molar-refractivity contribution >= 4 is 11.8 Å². The minimum Gasteiger partial charge on any atom is -0.351 e. The van der Waals surface area contributed by atoms with Gasteiger partial charge in [-0.15, -0.1) is 0 Å². The fourth-order valence-corrected chi connectivity index (χ4v) is 3.54. The zero-order valence-corrected chi connectivity index (χ0v) is 15.7. The molecule has 1 aliphatic heterocycles. The van der Waals surface area contributed by atoms with Crippen LogP contribution >= 0.6 is 0 Å². The molecular weight excluding hydrogens is 328 g/mol. The van der Waals surface area contributed by atoms with Crippen molar-refractivity contribution < 1.29 is 9.59 Å². The lowest BCUT2D eigenvalue weighted by atomic mass is 9.80. The predicted octanol–water partition coefficient (Wildman–Crippen LogP) is 2.29. The van der Waals surface area contributed by atoms with Crippen LogP contribution in [0.4, 0.5) is 0 Å². The smallest absolute Gasteiger partial charge is 0.272 e. The second-order valence-electron chi connectivity index (χ2n) is 7.34. The molecule has 2 aromatic rings. The van der Waals surface area contributed by atoms with Crippen molar-refractivity contribution in [1.82, 2.24) is 20.0 Å². The minimum atomic E-state index is -0.574. The highest BCUT2D eigenvalue weighted by molar-refractivity contribution is 5.93. The number of aromatic nitrogens is 2. The van der Waals surface area contributed by atoms with E-state index in [9.17, 15) is 9.59 Å². The molecule has 1 atom stereocenters. The summed E-state index contributed by atoms with van der Waals surface area (Å²) in [4.78, 5) is 27.4. The number of piperidine rings is 1. The molecule has 1 aliphatic rings. The van der Waals surface area contributed by atoms with Gasteiger partial charge in [-0.3, -0.25) is 14.3 Å². The van der Waals surface area contributed by atoms with E-state index >= 15 is 0 Å². The molecule has 6 nitrogen and oxygen atoms in total. The zero-order chi connectivity index (χ0) is 18.7. The second-order valence-corrected chi connectivity index (χ2v) is 7.34. The normalized spacial score (nSPS) is 20.0. The number of hydrogen-bond acceptors (Lipinski definition) is 3. The number of hydrogen-bond donors (Lipinski definition) is 1. The Bertz CT molecular complexity index is 814. The van der Waals surface area contributed by atoms with Crippen molar-refractivity contribution in [1.29, 1.82) is 0 Å². The SMILES string of the molecule is Cc1ccccc1CNC(=O)C1(C)CCCN(C(=O)c2ccnn2C)C1. The van der Waals surface area contributed by atoms with Crippen molar-refractivity contribution in [3.8, 4) is 0 Å².